The molecule has 0 spiro atoms. The maximum Gasteiger partial charge on any atom is 0.136 e. The van der Waals surface area contributed by atoms with Gasteiger partial charge in [0.25, 0.3) is 0 Å². The molecule has 0 aliphatic heterocycles. The number of thiophene rings is 1. The average Bonchev–Trinajstić information content (AvgIpc) is 3.71. The van der Waals surface area contributed by atoms with Crippen molar-refractivity contribution in [2.45, 2.75) is 0 Å². The van der Waals surface area contributed by atoms with E-state index in [1.54, 1.807) is 0 Å². The van der Waals surface area contributed by atoms with E-state index in [-0.39, 0.29) is 0 Å². The van der Waals surface area contributed by atoms with Crippen molar-refractivity contribution >= 4 is 64.2 Å². The van der Waals surface area contributed by atoms with Crippen LogP contribution in [0.1, 0.15) is 0 Å². The van der Waals surface area contributed by atoms with Crippen LogP contribution in [0.15, 0.2) is 138 Å². The lowest BCUT2D eigenvalue weighted by atomic mass is 9.95. The van der Waals surface area contributed by atoms with Crippen LogP contribution in [0.2, 0.25) is 0 Å². The number of benzene rings is 7. The molecule has 2 heteroatoms. The average molecular weight is 551 g/mol. The Morgan fingerprint density at radius 2 is 1.02 bits per heavy atom. The number of para-hydroxylation sites is 1. The van der Waals surface area contributed by atoms with Crippen LogP contribution in [-0.2, 0) is 0 Å². The van der Waals surface area contributed by atoms with Gasteiger partial charge < -0.3 is 4.42 Å². The Morgan fingerprint density at radius 1 is 0.381 bits per heavy atom. The van der Waals surface area contributed by atoms with Crippen LogP contribution >= 0.6 is 11.3 Å². The van der Waals surface area contributed by atoms with Crippen LogP contribution in [0.5, 0.6) is 0 Å². The normalized spacial score (nSPS) is 12.3. The van der Waals surface area contributed by atoms with Gasteiger partial charge in [-0.1, -0.05) is 91.0 Å². The molecule has 0 N–H and O–H groups in total. The third-order valence-corrected chi connectivity index (χ3v) is 10.2. The molecule has 10 rings (SSSR count). The predicted molar refractivity (Wildman–Crippen MR) is 179 cm³/mol. The number of rotatable bonds is 2. The van der Waals surface area contributed by atoms with E-state index < -0.39 is 0 Å². The van der Waals surface area contributed by atoms with Gasteiger partial charge >= 0.3 is 0 Å². The zero-order valence-corrected chi connectivity index (χ0v) is 23.3. The molecular weight excluding hydrogens is 529 g/mol. The molecule has 2 heterocycles. The van der Waals surface area contributed by atoms with Crippen molar-refractivity contribution in [1.82, 2.24) is 0 Å². The zero-order valence-electron chi connectivity index (χ0n) is 22.5. The Hall–Kier alpha value is -5.18. The summed E-state index contributed by atoms with van der Waals surface area (Å²) in [6.45, 7) is 0. The third-order valence-electron chi connectivity index (χ3n) is 9.02. The summed E-state index contributed by atoms with van der Waals surface area (Å²) in [7, 11) is 0. The molecule has 1 aliphatic rings. The van der Waals surface area contributed by atoms with Crippen molar-refractivity contribution in [2.24, 2.45) is 0 Å². The van der Waals surface area contributed by atoms with Gasteiger partial charge in [0, 0.05) is 30.9 Å². The molecule has 1 aliphatic carbocycles. The maximum absolute atomic E-state index is 6.19. The lowest BCUT2D eigenvalue weighted by Gasteiger charge is -2.08. The molecule has 0 unspecified atom stereocenters. The number of fused-ring (bicyclic) bond motifs is 9. The van der Waals surface area contributed by atoms with Crippen LogP contribution in [0.4, 0.5) is 0 Å². The molecule has 2 aromatic heterocycles. The fraction of sp³-hybridized carbons (Fsp3) is 0. The molecule has 0 fully saturated rings. The van der Waals surface area contributed by atoms with Crippen molar-refractivity contribution in [3.63, 3.8) is 0 Å². The van der Waals surface area contributed by atoms with Crippen LogP contribution in [0.25, 0.3) is 97.4 Å². The molecule has 0 saturated heterocycles. The summed E-state index contributed by atoms with van der Waals surface area (Å²) in [6, 6.07) is 48.9. The van der Waals surface area contributed by atoms with Gasteiger partial charge in [-0.15, -0.1) is 11.3 Å². The summed E-state index contributed by atoms with van der Waals surface area (Å²) in [5, 5.41) is 7.64. The molecule has 7 aromatic carbocycles. The van der Waals surface area contributed by atoms with Crippen molar-refractivity contribution in [2.75, 3.05) is 0 Å². The van der Waals surface area contributed by atoms with Crippen LogP contribution in [0.3, 0.4) is 0 Å². The van der Waals surface area contributed by atoms with Crippen molar-refractivity contribution in [3.05, 3.63) is 133 Å². The first kappa shape index (κ1) is 22.5. The molecule has 42 heavy (non-hydrogen) atoms. The molecule has 0 amide bonds. The van der Waals surface area contributed by atoms with Gasteiger partial charge in [-0.2, -0.15) is 0 Å². The van der Waals surface area contributed by atoms with Crippen LogP contribution in [0, 0.1) is 0 Å². The largest absolute Gasteiger partial charge is 0.456 e. The first-order valence-corrected chi connectivity index (χ1v) is 15.2. The van der Waals surface area contributed by atoms with E-state index in [4.69, 9.17) is 4.42 Å². The lowest BCUT2D eigenvalue weighted by molar-refractivity contribution is 0.669. The molecule has 9 aromatic rings. The highest BCUT2D eigenvalue weighted by atomic mass is 32.1. The minimum absolute atomic E-state index is 0.931. The molecule has 194 valence electrons. The lowest BCUT2D eigenvalue weighted by Crippen LogP contribution is -1.82. The van der Waals surface area contributed by atoms with Gasteiger partial charge in [0.1, 0.15) is 11.2 Å². The Morgan fingerprint density at radius 3 is 1.88 bits per heavy atom. The van der Waals surface area contributed by atoms with Gasteiger partial charge in [-0.05, 0) is 97.7 Å². The van der Waals surface area contributed by atoms with E-state index in [0.29, 0.717) is 0 Å². The van der Waals surface area contributed by atoms with Gasteiger partial charge in [0.2, 0.25) is 0 Å². The Bertz CT molecular complexity index is 2570. The summed E-state index contributed by atoms with van der Waals surface area (Å²) in [6.07, 6.45) is 0. The Balaban J connectivity index is 1.15. The summed E-state index contributed by atoms with van der Waals surface area (Å²) >= 11 is 1.87. The quantitative estimate of drug-likeness (QED) is 0.209. The van der Waals surface area contributed by atoms with Gasteiger partial charge in [-0.25, -0.2) is 0 Å². The second kappa shape index (κ2) is 8.19. The molecule has 0 radical (unpaired) electrons. The smallest absolute Gasteiger partial charge is 0.136 e. The summed E-state index contributed by atoms with van der Waals surface area (Å²) in [5.74, 6) is 0. The molecule has 1 nitrogen and oxygen atoms in total. The van der Waals surface area contributed by atoms with Crippen LogP contribution < -0.4 is 0 Å². The monoisotopic (exact) mass is 550 g/mol. The SMILES string of the molecule is c1cc2c3c(cccc3c1)-c1cc(-c3ccc4sc5ccc(-c6cccc7oc8ccccc8c67)cc5c4c3)ccc1-2. The Kier molecular flexibility index (Phi) is 4.39. The van der Waals surface area contributed by atoms with Crippen molar-refractivity contribution in [1.29, 1.82) is 0 Å². The van der Waals surface area contributed by atoms with E-state index >= 15 is 0 Å². The van der Waals surface area contributed by atoms with Crippen molar-refractivity contribution in [3.8, 4) is 44.5 Å². The van der Waals surface area contributed by atoms with E-state index in [9.17, 15) is 0 Å². The van der Waals surface area contributed by atoms with E-state index in [1.807, 2.05) is 23.5 Å². The van der Waals surface area contributed by atoms with Crippen molar-refractivity contribution < 1.29 is 4.42 Å². The fourth-order valence-electron chi connectivity index (χ4n) is 7.11. The first-order valence-electron chi connectivity index (χ1n) is 14.3. The minimum atomic E-state index is 0.931. The number of furan rings is 1. The summed E-state index contributed by atoms with van der Waals surface area (Å²) in [5.41, 5.74) is 12.1. The van der Waals surface area contributed by atoms with Gasteiger partial charge in [0.15, 0.2) is 0 Å². The molecular formula is C40H22OS. The highest BCUT2D eigenvalue weighted by Gasteiger charge is 2.21. The molecule has 0 bridgehead atoms. The maximum atomic E-state index is 6.19. The zero-order chi connectivity index (χ0) is 27.4. The van der Waals surface area contributed by atoms with Crippen LogP contribution in [-0.4, -0.2) is 0 Å². The highest BCUT2D eigenvalue weighted by Crippen LogP contribution is 2.48. The van der Waals surface area contributed by atoms with E-state index in [2.05, 4.69) is 121 Å². The second-order valence-electron chi connectivity index (χ2n) is 11.3. The van der Waals surface area contributed by atoms with E-state index in [1.165, 1.54) is 80.8 Å². The topological polar surface area (TPSA) is 13.1 Å². The fourth-order valence-corrected chi connectivity index (χ4v) is 8.18. The number of hydrogen-bond donors (Lipinski definition) is 0. The first-order chi connectivity index (χ1) is 20.8. The highest BCUT2D eigenvalue weighted by molar-refractivity contribution is 7.25. The number of hydrogen-bond acceptors (Lipinski definition) is 2. The van der Waals surface area contributed by atoms with Gasteiger partial charge in [0.05, 0.1) is 0 Å². The Labute approximate surface area is 245 Å². The standard InChI is InChI=1S/C40H22OS/c1-2-12-35-31(8-1)40-27(9-5-13-36(40)41-35)26-16-19-38-34(22-26)33-21-25(15-18-37(33)42-38)24-14-17-28-29-10-3-6-23-7-4-11-30(39(23)29)32(28)20-24/h1-22H. The van der Waals surface area contributed by atoms with Gasteiger partial charge in [-0.3, -0.25) is 0 Å². The summed E-state index contributed by atoms with van der Waals surface area (Å²) in [4.78, 5) is 0. The summed E-state index contributed by atoms with van der Waals surface area (Å²) < 4.78 is 8.82. The minimum Gasteiger partial charge on any atom is -0.456 e. The predicted octanol–water partition coefficient (Wildman–Crippen LogP) is 12.1. The molecule has 0 saturated carbocycles. The third kappa shape index (κ3) is 3.02. The second-order valence-corrected chi connectivity index (χ2v) is 12.4. The van der Waals surface area contributed by atoms with E-state index in [0.717, 1.165) is 16.6 Å². The molecule has 0 atom stereocenters.